The lowest BCUT2D eigenvalue weighted by molar-refractivity contribution is -0.116. The van der Waals surface area contributed by atoms with Gasteiger partial charge in [-0.1, -0.05) is 28.9 Å². The standard InChI is InChI=1S/C23H26ClN3O4/c1-2-29-13-14-30-16-17-5-3-6-20(15-17)25-21(28)7-4-8-22-26-23(27-31-22)18-9-11-19(24)12-10-18/h3,5-6,9-12,15H,2,4,7-8,13-14,16H2,1H3,(H,25,28). The molecule has 0 fully saturated rings. The number of hydrogen-bond acceptors (Lipinski definition) is 6. The van der Waals surface area contributed by atoms with Crippen LogP contribution in [0.3, 0.4) is 0 Å². The highest BCUT2D eigenvalue weighted by atomic mass is 35.5. The van der Waals surface area contributed by atoms with E-state index in [0.717, 1.165) is 16.8 Å². The van der Waals surface area contributed by atoms with Crippen LogP contribution < -0.4 is 5.32 Å². The van der Waals surface area contributed by atoms with E-state index in [9.17, 15) is 4.79 Å². The third-order valence-corrected chi connectivity index (χ3v) is 4.67. The van der Waals surface area contributed by atoms with Crippen molar-refractivity contribution in [2.75, 3.05) is 25.1 Å². The first-order chi connectivity index (χ1) is 15.1. The van der Waals surface area contributed by atoms with Gasteiger partial charge in [-0.2, -0.15) is 4.98 Å². The molecule has 0 spiro atoms. The minimum atomic E-state index is -0.0631. The second kappa shape index (κ2) is 12.2. The molecule has 1 heterocycles. The SMILES string of the molecule is CCOCCOCc1cccc(NC(=O)CCCc2nc(-c3ccc(Cl)cc3)no2)c1. The molecule has 3 aromatic rings. The minimum Gasteiger partial charge on any atom is -0.379 e. The van der Waals surface area contributed by atoms with Crippen LogP contribution >= 0.6 is 11.6 Å². The van der Waals surface area contributed by atoms with Crippen molar-refractivity contribution in [1.82, 2.24) is 10.1 Å². The van der Waals surface area contributed by atoms with E-state index in [-0.39, 0.29) is 5.91 Å². The molecule has 8 heteroatoms. The lowest BCUT2D eigenvalue weighted by Crippen LogP contribution is -2.12. The minimum absolute atomic E-state index is 0.0631. The Kier molecular flexibility index (Phi) is 9.02. The fourth-order valence-electron chi connectivity index (χ4n) is 2.89. The number of anilines is 1. The van der Waals surface area contributed by atoms with E-state index in [4.69, 9.17) is 25.6 Å². The number of aryl methyl sites for hydroxylation is 1. The predicted molar refractivity (Wildman–Crippen MR) is 119 cm³/mol. The lowest BCUT2D eigenvalue weighted by atomic mass is 10.2. The van der Waals surface area contributed by atoms with Gasteiger partial charge in [0.1, 0.15) is 0 Å². The van der Waals surface area contributed by atoms with Gasteiger partial charge in [0.15, 0.2) is 0 Å². The highest BCUT2D eigenvalue weighted by molar-refractivity contribution is 6.30. The van der Waals surface area contributed by atoms with E-state index in [1.165, 1.54) is 0 Å². The van der Waals surface area contributed by atoms with Gasteiger partial charge < -0.3 is 19.3 Å². The van der Waals surface area contributed by atoms with E-state index < -0.39 is 0 Å². The van der Waals surface area contributed by atoms with Gasteiger partial charge in [0.25, 0.3) is 0 Å². The topological polar surface area (TPSA) is 86.5 Å². The van der Waals surface area contributed by atoms with Crippen molar-refractivity contribution in [2.45, 2.75) is 32.8 Å². The molecule has 0 aliphatic heterocycles. The Labute approximate surface area is 186 Å². The second-order valence-corrected chi connectivity index (χ2v) is 7.31. The molecule has 2 aromatic carbocycles. The van der Waals surface area contributed by atoms with Gasteiger partial charge in [0.05, 0.1) is 19.8 Å². The summed E-state index contributed by atoms with van der Waals surface area (Å²) in [6, 6.07) is 14.9. The molecule has 0 bridgehead atoms. The monoisotopic (exact) mass is 443 g/mol. The van der Waals surface area contributed by atoms with Crippen LogP contribution in [0.2, 0.25) is 5.02 Å². The van der Waals surface area contributed by atoms with Gasteiger partial charge in [-0.25, -0.2) is 0 Å². The predicted octanol–water partition coefficient (Wildman–Crippen LogP) is 4.90. The van der Waals surface area contributed by atoms with E-state index in [1.807, 2.05) is 43.3 Å². The van der Waals surface area contributed by atoms with Gasteiger partial charge in [-0.05, 0) is 55.3 Å². The summed E-state index contributed by atoms with van der Waals surface area (Å²) in [5, 5.41) is 7.55. The molecule has 1 N–H and O–H groups in total. The van der Waals surface area contributed by atoms with Gasteiger partial charge in [-0.15, -0.1) is 0 Å². The first-order valence-electron chi connectivity index (χ1n) is 10.3. The molecule has 3 rings (SSSR count). The summed E-state index contributed by atoms with van der Waals surface area (Å²) in [5.41, 5.74) is 2.58. The first-order valence-corrected chi connectivity index (χ1v) is 10.6. The van der Waals surface area contributed by atoms with Crippen molar-refractivity contribution in [3.8, 4) is 11.4 Å². The average Bonchev–Trinajstić information content (AvgIpc) is 3.23. The van der Waals surface area contributed by atoms with Crippen molar-refractivity contribution >= 4 is 23.2 Å². The summed E-state index contributed by atoms with van der Waals surface area (Å²) >= 11 is 5.90. The quantitative estimate of drug-likeness (QED) is 0.400. The molecule has 1 aromatic heterocycles. The number of aromatic nitrogens is 2. The fourth-order valence-corrected chi connectivity index (χ4v) is 3.01. The number of rotatable bonds is 12. The summed E-state index contributed by atoms with van der Waals surface area (Å²) < 4.78 is 16.1. The van der Waals surface area contributed by atoms with Crippen molar-refractivity contribution in [3.63, 3.8) is 0 Å². The van der Waals surface area contributed by atoms with Crippen LogP contribution in [-0.2, 0) is 27.3 Å². The largest absolute Gasteiger partial charge is 0.379 e. The normalized spacial score (nSPS) is 10.9. The second-order valence-electron chi connectivity index (χ2n) is 6.87. The zero-order chi connectivity index (χ0) is 21.9. The molecular formula is C23H26ClN3O4. The summed E-state index contributed by atoms with van der Waals surface area (Å²) in [6.07, 6.45) is 1.49. The highest BCUT2D eigenvalue weighted by Gasteiger charge is 2.10. The molecule has 0 aliphatic rings. The molecule has 0 radical (unpaired) electrons. The van der Waals surface area contributed by atoms with Gasteiger partial charge >= 0.3 is 0 Å². The number of nitrogens with zero attached hydrogens (tertiary/aromatic N) is 2. The number of carbonyl (C=O) groups is 1. The number of amides is 1. The number of carbonyl (C=O) groups excluding carboxylic acids is 1. The van der Waals surface area contributed by atoms with Gasteiger partial charge in [0, 0.05) is 35.7 Å². The molecule has 164 valence electrons. The van der Waals surface area contributed by atoms with E-state index >= 15 is 0 Å². The number of benzene rings is 2. The van der Waals surface area contributed by atoms with E-state index in [0.29, 0.717) is 62.4 Å². The van der Waals surface area contributed by atoms with Crippen molar-refractivity contribution in [2.24, 2.45) is 0 Å². The van der Waals surface area contributed by atoms with Crippen LogP contribution in [0.15, 0.2) is 53.1 Å². The lowest BCUT2D eigenvalue weighted by Gasteiger charge is -2.08. The Morgan fingerprint density at radius 3 is 2.74 bits per heavy atom. The van der Waals surface area contributed by atoms with Crippen LogP contribution in [-0.4, -0.2) is 35.9 Å². The molecule has 0 saturated heterocycles. The van der Waals surface area contributed by atoms with Crippen molar-refractivity contribution in [3.05, 3.63) is 65.0 Å². The molecular weight excluding hydrogens is 418 g/mol. The number of halogens is 1. The summed E-state index contributed by atoms with van der Waals surface area (Å²) in [7, 11) is 0. The molecule has 0 unspecified atom stereocenters. The number of ether oxygens (including phenoxy) is 2. The van der Waals surface area contributed by atoms with Crippen LogP contribution in [0.5, 0.6) is 0 Å². The maximum atomic E-state index is 12.3. The first kappa shape index (κ1) is 22.9. The zero-order valence-electron chi connectivity index (χ0n) is 17.5. The Morgan fingerprint density at radius 2 is 1.94 bits per heavy atom. The molecule has 0 saturated carbocycles. The maximum absolute atomic E-state index is 12.3. The van der Waals surface area contributed by atoms with Crippen LogP contribution in [0.25, 0.3) is 11.4 Å². The maximum Gasteiger partial charge on any atom is 0.226 e. The Bertz CT molecular complexity index is 959. The fraction of sp³-hybridized carbons (Fsp3) is 0.348. The van der Waals surface area contributed by atoms with Gasteiger partial charge in [-0.3, -0.25) is 4.79 Å². The van der Waals surface area contributed by atoms with Crippen LogP contribution in [0, 0.1) is 0 Å². The highest BCUT2D eigenvalue weighted by Crippen LogP contribution is 2.19. The Balaban J connectivity index is 1.40. The van der Waals surface area contributed by atoms with Crippen molar-refractivity contribution < 1.29 is 18.8 Å². The smallest absolute Gasteiger partial charge is 0.226 e. The summed E-state index contributed by atoms with van der Waals surface area (Å²) in [5.74, 6) is 0.951. The molecule has 31 heavy (non-hydrogen) atoms. The zero-order valence-corrected chi connectivity index (χ0v) is 18.2. The third kappa shape index (κ3) is 7.79. The summed E-state index contributed by atoms with van der Waals surface area (Å²) in [4.78, 5) is 16.6. The molecule has 0 atom stereocenters. The molecule has 7 nitrogen and oxygen atoms in total. The van der Waals surface area contributed by atoms with E-state index in [2.05, 4.69) is 15.5 Å². The number of nitrogens with one attached hydrogen (secondary N) is 1. The Morgan fingerprint density at radius 1 is 1.13 bits per heavy atom. The number of hydrogen-bond donors (Lipinski definition) is 1. The average molecular weight is 444 g/mol. The third-order valence-electron chi connectivity index (χ3n) is 4.42. The van der Waals surface area contributed by atoms with E-state index in [1.54, 1.807) is 12.1 Å². The summed E-state index contributed by atoms with van der Waals surface area (Å²) in [6.45, 7) is 4.23. The van der Waals surface area contributed by atoms with Gasteiger partial charge in [0.2, 0.25) is 17.6 Å². The van der Waals surface area contributed by atoms with Crippen LogP contribution in [0.4, 0.5) is 5.69 Å². The molecule has 0 aliphatic carbocycles. The van der Waals surface area contributed by atoms with Crippen LogP contribution in [0.1, 0.15) is 31.2 Å². The van der Waals surface area contributed by atoms with Crippen molar-refractivity contribution in [1.29, 1.82) is 0 Å². The molecule has 1 amide bonds. The Hall–Kier alpha value is -2.74.